The van der Waals surface area contributed by atoms with Gasteiger partial charge in [0.1, 0.15) is 6.04 Å². The van der Waals surface area contributed by atoms with Crippen LogP contribution >= 0.6 is 11.8 Å². The number of anilines is 2. The van der Waals surface area contributed by atoms with Crippen LogP contribution in [0.1, 0.15) is 20.8 Å². The van der Waals surface area contributed by atoms with Crippen LogP contribution in [0.15, 0.2) is 5.16 Å². The Morgan fingerprint density at radius 1 is 1.35 bits per heavy atom. The number of carbonyl (C=O) groups is 1. The number of aliphatic carboxylic acids is 1. The van der Waals surface area contributed by atoms with E-state index in [0.29, 0.717) is 23.6 Å². The van der Waals surface area contributed by atoms with Crippen molar-refractivity contribution in [3.63, 3.8) is 0 Å². The summed E-state index contributed by atoms with van der Waals surface area (Å²) < 4.78 is 0. The number of aromatic nitrogens is 3. The topological polar surface area (TPSA) is 126 Å². The predicted octanol–water partition coefficient (Wildman–Crippen LogP) is 0.628. The van der Waals surface area contributed by atoms with Crippen molar-refractivity contribution in [1.82, 2.24) is 15.0 Å². The molecule has 0 spiro atoms. The van der Waals surface area contributed by atoms with Crippen molar-refractivity contribution < 1.29 is 9.90 Å². The van der Waals surface area contributed by atoms with Crippen LogP contribution in [0.5, 0.6) is 0 Å². The van der Waals surface area contributed by atoms with Crippen LogP contribution in [-0.2, 0) is 4.79 Å². The molecule has 0 aliphatic carbocycles. The molecule has 0 amide bonds. The second-order valence-electron chi connectivity index (χ2n) is 4.35. The fourth-order valence-electron chi connectivity index (χ4n) is 1.22. The van der Waals surface area contributed by atoms with E-state index in [2.05, 4.69) is 25.6 Å². The van der Waals surface area contributed by atoms with Gasteiger partial charge in [-0.1, -0.05) is 11.8 Å². The normalized spacial score (nSPS) is 12.2. The van der Waals surface area contributed by atoms with Crippen molar-refractivity contribution in [2.75, 3.05) is 22.9 Å². The van der Waals surface area contributed by atoms with Crippen molar-refractivity contribution in [1.29, 1.82) is 0 Å². The molecule has 20 heavy (non-hydrogen) atoms. The van der Waals surface area contributed by atoms with Gasteiger partial charge in [0.15, 0.2) is 5.16 Å². The largest absolute Gasteiger partial charge is 0.480 e. The average Bonchev–Trinajstić information content (AvgIpc) is 2.35. The summed E-state index contributed by atoms with van der Waals surface area (Å²) in [5.74, 6) is 0.0693. The molecule has 0 aliphatic rings. The third-order valence-corrected chi connectivity index (χ3v) is 3.04. The van der Waals surface area contributed by atoms with Crippen LogP contribution in [-0.4, -0.2) is 50.4 Å². The van der Waals surface area contributed by atoms with Gasteiger partial charge in [0, 0.05) is 18.3 Å². The molecule has 0 saturated carbocycles. The number of carboxylic acid groups (broad SMARTS) is 1. The van der Waals surface area contributed by atoms with Crippen molar-refractivity contribution in [3.05, 3.63) is 0 Å². The third kappa shape index (κ3) is 5.57. The third-order valence-electron chi connectivity index (χ3n) is 2.08. The maximum atomic E-state index is 10.7. The number of rotatable bonds is 8. The van der Waals surface area contributed by atoms with Crippen molar-refractivity contribution in [2.45, 2.75) is 38.0 Å². The predicted molar refractivity (Wildman–Crippen MR) is 79.1 cm³/mol. The van der Waals surface area contributed by atoms with Gasteiger partial charge in [-0.2, -0.15) is 15.0 Å². The second kappa shape index (κ2) is 7.85. The first-order valence-corrected chi connectivity index (χ1v) is 7.28. The fraction of sp³-hybridized carbons (Fsp3) is 0.636. The summed E-state index contributed by atoms with van der Waals surface area (Å²) in [6.45, 7) is 6.57. The SMILES string of the molecule is CCNc1nc(NC(C)C)nc(SCC(N)C(=O)O)n1. The number of nitrogens with zero attached hydrogens (tertiary/aromatic N) is 3. The van der Waals surface area contributed by atoms with E-state index in [4.69, 9.17) is 10.8 Å². The van der Waals surface area contributed by atoms with E-state index >= 15 is 0 Å². The molecule has 1 atom stereocenters. The molecule has 1 rings (SSSR count). The molecule has 112 valence electrons. The van der Waals surface area contributed by atoms with Crippen molar-refractivity contribution >= 4 is 29.6 Å². The lowest BCUT2D eigenvalue weighted by Gasteiger charge is -2.11. The zero-order valence-corrected chi connectivity index (χ0v) is 12.6. The molecular weight excluding hydrogens is 280 g/mol. The van der Waals surface area contributed by atoms with Gasteiger partial charge in [0.05, 0.1) is 0 Å². The fourth-order valence-corrected chi connectivity index (χ4v) is 1.99. The minimum atomic E-state index is -1.04. The van der Waals surface area contributed by atoms with E-state index < -0.39 is 12.0 Å². The first kappa shape index (κ1) is 16.4. The van der Waals surface area contributed by atoms with E-state index in [-0.39, 0.29) is 11.8 Å². The zero-order valence-electron chi connectivity index (χ0n) is 11.8. The highest BCUT2D eigenvalue weighted by molar-refractivity contribution is 7.99. The number of nitrogens with one attached hydrogen (secondary N) is 2. The van der Waals surface area contributed by atoms with Crippen LogP contribution in [0.4, 0.5) is 11.9 Å². The van der Waals surface area contributed by atoms with Crippen molar-refractivity contribution in [2.24, 2.45) is 5.73 Å². The standard InChI is InChI=1S/C11H20N6O2S/c1-4-13-9-15-10(14-6(2)3)17-11(16-9)20-5-7(12)8(18)19/h6-7H,4-5,12H2,1-3H3,(H,18,19)(H2,13,14,15,16,17). The number of nitrogens with two attached hydrogens (primary N) is 1. The highest BCUT2D eigenvalue weighted by Crippen LogP contribution is 2.17. The molecule has 0 bridgehead atoms. The van der Waals surface area contributed by atoms with Gasteiger partial charge >= 0.3 is 5.97 Å². The Hall–Kier alpha value is -1.61. The Morgan fingerprint density at radius 3 is 2.55 bits per heavy atom. The summed E-state index contributed by atoms with van der Waals surface area (Å²) in [5, 5.41) is 15.3. The maximum Gasteiger partial charge on any atom is 0.321 e. The molecule has 8 nitrogen and oxygen atoms in total. The van der Waals surface area contributed by atoms with E-state index in [1.807, 2.05) is 20.8 Å². The first-order chi connectivity index (χ1) is 9.42. The molecule has 0 aliphatic heterocycles. The quantitative estimate of drug-likeness (QED) is 0.511. The molecule has 1 heterocycles. The molecule has 9 heteroatoms. The zero-order chi connectivity index (χ0) is 15.1. The average molecular weight is 300 g/mol. The summed E-state index contributed by atoms with van der Waals surface area (Å²) in [6, 6.07) is -0.758. The summed E-state index contributed by atoms with van der Waals surface area (Å²) in [7, 11) is 0. The summed E-state index contributed by atoms with van der Waals surface area (Å²) in [5.41, 5.74) is 5.46. The van der Waals surface area contributed by atoms with Gasteiger partial charge in [0.25, 0.3) is 0 Å². The van der Waals surface area contributed by atoms with Gasteiger partial charge < -0.3 is 21.5 Å². The van der Waals surface area contributed by atoms with E-state index in [1.54, 1.807) is 0 Å². The number of hydrogen-bond donors (Lipinski definition) is 4. The van der Waals surface area contributed by atoms with Gasteiger partial charge in [-0.3, -0.25) is 4.79 Å². The Kier molecular flexibility index (Phi) is 6.46. The second-order valence-corrected chi connectivity index (χ2v) is 5.34. The molecule has 0 radical (unpaired) electrons. The van der Waals surface area contributed by atoms with Crippen LogP contribution in [0, 0.1) is 0 Å². The Bertz CT molecular complexity index is 457. The minimum Gasteiger partial charge on any atom is -0.480 e. The van der Waals surface area contributed by atoms with Crippen LogP contribution < -0.4 is 16.4 Å². The lowest BCUT2D eigenvalue weighted by atomic mass is 10.4. The van der Waals surface area contributed by atoms with Gasteiger partial charge in [0.2, 0.25) is 11.9 Å². The van der Waals surface area contributed by atoms with Gasteiger partial charge in [-0.25, -0.2) is 0 Å². The van der Waals surface area contributed by atoms with Crippen LogP contribution in [0.2, 0.25) is 0 Å². The smallest absolute Gasteiger partial charge is 0.321 e. The molecule has 0 fully saturated rings. The molecular formula is C11H20N6O2S. The van der Waals surface area contributed by atoms with E-state index in [9.17, 15) is 4.79 Å². The van der Waals surface area contributed by atoms with Crippen molar-refractivity contribution in [3.8, 4) is 0 Å². The molecule has 1 aromatic rings. The molecule has 0 aromatic carbocycles. The molecule has 5 N–H and O–H groups in total. The Balaban J connectivity index is 2.82. The number of carboxylic acids is 1. The maximum absolute atomic E-state index is 10.7. The summed E-state index contributed by atoms with van der Waals surface area (Å²) in [6.07, 6.45) is 0. The van der Waals surface area contributed by atoms with E-state index in [1.165, 1.54) is 11.8 Å². The first-order valence-electron chi connectivity index (χ1n) is 6.30. The van der Waals surface area contributed by atoms with E-state index in [0.717, 1.165) is 0 Å². The highest BCUT2D eigenvalue weighted by atomic mass is 32.2. The lowest BCUT2D eigenvalue weighted by molar-refractivity contribution is -0.137. The minimum absolute atomic E-state index is 0.186. The monoisotopic (exact) mass is 300 g/mol. The molecule has 0 saturated heterocycles. The number of hydrogen-bond acceptors (Lipinski definition) is 8. The number of thioether (sulfide) groups is 1. The van der Waals surface area contributed by atoms with Gasteiger partial charge in [-0.15, -0.1) is 0 Å². The Morgan fingerprint density at radius 2 is 2.00 bits per heavy atom. The summed E-state index contributed by atoms with van der Waals surface area (Å²) >= 11 is 1.19. The van der Waals surface area contributed by atoms with Crippen LogP contribution in [0.3, 0.4) is 0 Å². The Labute approximate surface area is 122 Å². The van der Waals surface area contributed by atoms with Crippen LogP contribution in [0.25, 0.3) is 0 Å². The summed E-state index contributed by atoms with van der Waals surface area (Å²) in [4.78, 5) is 23.3. The van der Waals surface area contributed by atoms with Gasteiger partial charge in [-0.05, 0) is 20.8 Å². The highest BCUT2D eigenvalue weighted by Gasteiger charge is 2.14. The molecule has 1 aromatic heterocycles. The molecule has 1 unspecified atom stereocenters. The lowest BCUT2D eigenvalue weighted by Crippen LogP contribution is -2.32.